The van der Waals surface area contributed by atoms with E-state index in [-0.39, 0.29) is 12.2 Å². The Hall–Kier alpha value is -0.410. The van der Waals surface area contributed by atoms with Crippen molar-refractivity contribution in [3.8, 4) is 0 Å². The van der Waals surface area contributed by atoms with Gasteiger partial charge in [-0.05, 0) is 112 Å². The van der Waals surface area contributed by atoms with Gasteiger partial charge in [0.1, 0.15) is 5.78 Å². The molecule has 10 atom stereocenters. The second kappa shape index (κ2) is 7.05. The summed E-state index contributed by atoms with van der Waals surface area (Å²) in [4.78, 5) is 12.6. The monoisotopic (exact) mass is 430 g/mol. The van der Waals surface area contributed by atoms with Crippen LogP contribution in [-0.4, -0.2) is 29.7 Å². The van der Waals surface area contributed by atoms with Gasteiger partial charge in [0, 0.05) is 25.4 Å². The summed E-state index contributed by atoms with van der Waals surface area (Å²) in [6.45, 7) is 11.0. The van der Waals surface area contributed by atoms with Crippen molar-refractivity contribution in [2.75, 3.05) is 7.11 Å². The Balaban J connectivity index is 1.35. The summed E-state index contributed by atoms with van der Waals surface area (Å²) in [6, 6.07) is 0. The Kier molecular flexibility index (Phi) is 5.09. The summed E-state index contributed by atoms with van der Waals surface area (Å²) in [5.74, 6) is 4.73. The number of carbonyl (C=O) groups is 1. The molecule has 5 aliphatic rings. The second-order valence-corrected chi connectivity index (χ2v) is 13.7. The fourth-order valence-corrected chi connectivity index (χ4v) is 10.6. The van der Waals surface area contributed by atoms with E-state index < -0.39 is 5.60 Å². The van der Waals surface area contributed by atoms with E-state index in [0.29, 0.717) is 40.6 Å². The number of hydrogen-bond acceptors (Lipinski definition) is 3. The molecule has 0 bridgehead atoms. The van der Waals surface area contributed by atoms with E-state index in [1.54, 1.807) is 13.8 Å². The normalized spacial score (nSPS) is 51.5. The van der Waals surface area contributed by atoms with Crippen molar-refractivity contribution in [2.24, 2.45) is 51.8 Å². The number of carbonyl (C=O) groups excluding carboxylic acids is 1. The third-order valence-corrected chi connectivity index (χ3v) is 11.8. The van der Waals surface area contributed by atoms with Crippen LogP contribution in [0.2, 0.25) is 0 Å². The van der Waals surface area contributed by atoms with Crippen LogP contribution in [0.15, 0.2) is 0 Å². The average molecular weight is 431 g/mol. The molecule has 1 unspecified atom stereocenters. The molecule has 0 aromatic rings. The van der Waals surface area contributed by atoms with Gasteiger partial charge < -0.3 is 9.84 Å². The van der Waals surface area contributed by atoms with Crippen molar-refractivity contribution in [1.82, 2.24) is 0 Å². The van der Waals surface area contributed by atoms with Gasteiger partial charge in [-0.3, -0.25) is 4.79 Å². The number of fused-ring (bicyclic) bond motifs is 4. The SMILES string of the molecule is CO[C@@H]1C[C@H]2[C@@H]3CCC([C@H](C)CC(=O)CC(C)(C)O)[C@@]3(C)CC[C@@H]2[C@@]2(C)CC[C@H]3C[C@]312. The van der Waals surface area contributed by atoms with Gasteiger partial charge in [0.15, 0.2) is 0 Å². The van der Waals surface area contributed by atoms with E-state index in [0.717, 1.165) is 23.7 Å². The fraction of sp³-hybridized carbons (Fsp3) is 0.964. The minimum atomic E-state index is -0.887. The molecular formula is C28H46O3. The van der Waals surface area contributed by atoms with Gasteiger partial charge in [-0.15, -0.1) is 0 Å². The lowest BCUT2D eigenvalue weighted by molar-refractivity contribution is -0.161. The Morgan fingerprint density at radius 3 is 2.52 bits per heavy atom. The Bertz CT molecular complexity index is 739. The number of rotatable bonds is 6. The van der Waals surface area contributed by atoms with E-state index in [2.05, 4.69) is 20.8 Å². The molecule has 1 N–H and O–H groups in total. The predicted molar refractivity (Wildman–Crippen MR) is 124 cm³/mol. The van der Waals surface area contributed by atoms with Crippen LogP contribution in [0.3, 0.4) is 0 Å². The molecule has 0 heterocycles. The summed E-state index contributed by atoms with van der Waals surface area (Å²) in [6.07, 6.45) is 12.3. The number of ketones is 1. The molecule has 5 saturated carbocycles. The molecule has 0 aromatic carbocycles. The van der Waals surface area contributed by atoms with Crippen molar-refractivity contribution >= 4 is 5.78 Å². The first-order valence-corrected chi connectivity index (χ1v) is 13.2. The third-order valence-electron chi connectivity index (χ3n) is 11.8. The predicted octanol–water partition coefficient (Wildman–Crippen LogP) is 6.03. The first-order chi connectivity index (χ1) is 14.5. The second-order valence-electron chi connectivity index (χ2n) is 13.7. The lowest BCUT2D eigenvalue weighted by Gasteiger charge is -2.61. The highest BCUT2D eigenvalue weighted by Crippen LogP contribution is 2.82. The van der Waals surface area contributed by atoms with Crippen LogP contribution in [0.1, 0.15) is 98.8 Å². The minimum absolute atomic E-state index is 0.234. The van der Waals surface area contributed by atoms with Crippen LogP contribution >= 0.6 is 0 Å². The van der Waals surface area contributed by atoms with Crippen molar-refractivity contribution < 1.29 is 14.6 Å². The van der Waals surface area contributed by atoms with E-state index >= 15 is 0 Å². The standard InChI is InChI=1S/C28H46O3/c1-17(13-19(29)16-25(2,3)30)21-7-8-22-20-14-24(31-6)28-15-18(28)9-12-27(28,5)23(20)10-11-26(21,22)4/h17-18,20-24,30H,7-16H2,1-6H3/t17-,18+,20+,21?,22+,23+,24-,26-,27-,28+/m1/s1. The zero-order valence-corrected chi connectivity index (χ0v) is 20.9. The largest absolute Gasteiger partial charge is 0.390 e. The van der Waals surface area contributed by atoms with Crippen LogP contribution in [0.5, 0.6) is 0 Å². The van der Waals surface area contributed by atoms with Gasteiger partial charge >= 0.3 is 0 Å². The maximum Gasteiger partial charge on any atom is 0.136 e. The highest BCUT2D eigenvalue weighted by Gasteiger charge is 2.77. The maximum absolute atomic E-state index is 12.6. The van der Waals surface area contributed by atoms with Gasteiger partial charge in [0.2, 0.25) is 0 Å². The van der Waals surface area contributed by atoms with Crippen LogP contribution < -0.4 is 0 Å². The Morgan fingerprint density at radius 1 is 1.13 bits per heavy atom. The first kappa shape index (κ1) is 22.4. The Labute approximate surface area is 190 Å². The van der Waals surface area contributed by atoms with Crippen molar-refractivity contribution in [1.29, 1.82) is 0 Å². The van der Waals surface area contributed by atoms with Gasteiger partial charge in [-0.25, -0.2) is 0 Å². The molecule has 0 aromatic heterocycles. The molecule has 1 spiro atoms. The van der Waals surface area contributed by atoms with Gasteiger partial charge in [-0.1, -0.05) is 20.8 Å². The van der Waals surface area contributed by atoms with Crippen LogP contribution in [-0.2, 0) is 9.53 Å². The number of aliphatic hydroxyl groups is 1. The van der Waals surface area contributed by atoms with Crippen molar-refractivity contribution in [3.63, 3.8) is 0 Å². The van der Waals surface area contributed by atoms with E-state index in [4.69, 9.17) is 4.74 Å². The quantitative estimate of drug-likeness (QED) is 0.560. The zero-order valence-electron chi connectivity index (χ0n) is 20.9. The lowest BCUT2D eigenvalue weighted by atomic mass is 9.45. The lowest BCUT2D eigenvalue weighted by Crippen LogP contribution is -2.57. The number of Topliss-reactive ketones (excluding diaryl/α,β-unsaturated/α-hetero) is 1. The number of methoxy groups -OCH3 is 1. The van der Waals surface area contributed by atoms with E-state index in [1.807, 2.05) is 7.11 Å². The fourth-order valence-electron chi connectivity index (χ4n) is 10.6. The highest BCUT2D eigenvalue weighted by atomic mass is 16.5. The smallest absolute Gasteiger partial charge is 0.136 e. The molecule has 176 valence electrons. The summed E-state index contributed by atoms with van der Waals surface area (Å²) in [7, 11) is 1.98. The summed E-state index contributed by atoms with van der Waals surface area (Å²) in [5.41, 5.74) is 0.484. The number of hydrogen-bond donors (Lipinski definition) is 1. The molecule has 31 heavy (non-hydrogen) atoms. The molecule has 0 amide bonds. The molecule has 0 radical (unpaired) electrons. The first-order valence-electron chi connectivity index (χ1n) is 13.2. The third kappa shape index (κ3) is 3.07. The van der Waals surface area contributed by atoms with E-state index in [9.17, 15) is 9.90 Å². The van der Waals surface area contributed by atoms with Gasteiger partial charge in [0.25, 0.3) is 0 Å². The summed E-state index contributed by atoms with van der Waals surface area (Å²) < 4.78 is 6.25. The molecule has 3 heteroatoms. The van der Waals surface area contributed by atoms with Crippen molar-refractivity contribution in [3.05, 3.63) is 0 Å². The molecule has 0 saturated heterocycles. The van der Waals surface area contributed by atoms with Crippen LogP contribution in [0.25, 0.3) is 0 Å². The number of ether oxygens (including phenoxy) is 1. The molecule has 5 rings (SSSR count). The summed E-state index contributed by atoms with van der Waals surface area (Å²) >= 11 is 0. The molecule has 5 aliphatic carbocycles. The van der Waals surface area contributed by atoms with Crippen molar-refractivity contribution in [2.45, 2.75) is 111 Å². The zero-order chi connectivity index (χ0) is 22.4. The molecular weight excluding hydrogens is 384 g/mol. The maximum atomic E-state index is 12.6. The van der Waals surface area contributed by atoms with E-state index in [1.165, 1.54) is 51.4 Å². The molecule has 0 aliphatic heterocycles. The van der Waals surface area contributed by atoms with Gasteiger partial charge in [-0.2, -0.15) is 0 Å². The molecule has 3 nitrogen and oxygen atoms in total. The highest BCUT2D eigenvalue weighted by molar-refractivity contribution is 5.79. The van der Waals surface area contributed by atoms with Crippen LogP contribution in [0.4, 0.5) is 0 Å². The van der Waals surface area contributed by atoms with Gasteiger partial charge in [0.05, 0.1) is 11.7 Å². The summed E-state index contributed by atoms with van der Waals surface area (Å²) in [5, 5.41) is 10.1. The topological polar surface area (TPSA) is 46.5 Å². The Morgan fingerprint density at radius 2 is 1.87 bits per heavy atom. The molecule has 5 fully saturated rings. The van der Waals surface area contributed by atoms with Crippen LogP contribution in [0, 0.1) is 51.8 Å². The minimum Gasteiger partial charge on any atom is -0.390 e. The average Bonchev–Trinajstić information content (AvgIpc) is 3.16.